The van der Waals surface area contributed by atoms with Crippen molar-refractivity contribution in [2.45, 2.75) is 6.92 Å². The third-order valence-electron chi connectivity index (χ3n) is 1.28. The highest BCUT2D eigenvalue weighted by atomic mass is 15.2. The van der Waals surface area contributed by atoms with Gasteiger partial charge in [-0.2, -0.15) is 5.10 Å². The maximum atomic E-state index is 5.46. The first-order valence-corrected chi connectivity index (χ1v) is 2.74. The summed E-state index contributed by atoms with van der Waals surface area (Å²) in [5.74, 6) is 1.44. The lowest BCUT2D eigenvalue weighted by Crippen LogP contribution is -1.90. The van der Waals surface area contributed by atoms with Gasteiger partial charge < -0.3 is 11.1 Å². The molecule has 1 rings (SSSR count). The minimum atomic E-state index is 0.624. The van der Waals surface area contributed by atoms with E-state index in [1.54, 1.807) is 0 Å². The van der Waals surface area contributed by atoms with Gasteiger partial charge in [0.25, 0.3) is 0 Å². The average Bonchev–Trinajstić information content (AvgIpc) is 2.15. The number of nitrogens with two attached hydrogens (primary N) is 1. The lowest BCUT2D eigenvalue weighted by atomic mass is 10.3. The molecule has 0 aliphatic carbocycles. The van der Waals surface area contributed by atoms with Gasteiger partial charge in [0.05, 0.1) is 0 Å². The molecule has 0 aromatic carbocycles. The Morgan fingerprint density at radius 3 is 2.56 bits per heavy atom. The molecule has 0 bridgehead atoms. The summed E-state index contributed by atoms with van der Waals surface area (Å²) < 4.78 is 0. The number of aromatic amines is 1. The summed E-state index contributed by atoms with van der Waals surface area (Å²) in [6.45, 7) is 1.91. The van der Waals surface area contributed by atoms with Crippen LogP contribution in [0.3, 0.4) is 0 Å². The highest BCUT2D eigenvalue weighted by molar-refractivity contribution is 5.54. The molecular weight excluding hydrogens is 116 g/mol. The van der Waals surface area contributed by atoms with Gasteiger partial charge >= 0.3 is 0 Å². The summed E-state index contributed by atoms with van der Waals surface area (Å²) in [5.41, 5.74) is 6.43. The molecule has 0 fully saturated rings. The van der Waals surface area contributed by atoms with E-state index in [2.05, 4.69) is 15.5 Å². The molecule has 50 valence electrons. The van der Waals surface area contributed by atoms with E-state index < -0.39 is 0 Å². The highest BCUT2D eigenvalue weighted by Crippen LogP contribution is 2.14. The molecule has 0 aliphatic heterocycles. The SMILES string of the molecule is CNc1n[nH]c(N)c1C. The highest BCUT2D eigenvalue weighted by Gasteiger charge is 2.01. The van der Waals surface area contributed by atoms with E-state index in [0.29, 0.717) is 5.82 Å². The van der Waals surface area contributed by atoms with E-state index in [1.165, 1.54) is 0 Å². The van der Waals surface area contributed by atoms with Gasteiger partial charge in [-0.3, -0.25) is 5.10 Å². The van der Waals surface area contributed by atoms with Crippen LogP contribution in [0.5, 0.6) is 0 Å². The smallest absolute Gasteiger partial charge is 0.152 e. The molecule has 0 spiro atoms. The Morgan fingerprint density at radius 2 is 2.33 bits per heavy atom. The fourth-order valence-corrected chi connectivity index (χ4v) is 0.655. The second-order valence-corrected chi connectivity index (χ2v) is 1.86. The zero-order valence-corrected chi connectivity index (χ0v) is 5.52. The second kappa shape index (κ2) is 1.97. The molecular formula is C5H10N4. The fraction of sp³-hybridized carbons (Fsp3) is 0.400. The van der Waals surface area contributed by atoms with Crippen LogP contribution >= 0.6 is 0 Å². The number of nitrogen functional groups attached to an aromatic ring is 1. The predicted octanol–water partition coefficient (Wildman–Crippen LogP) is 0.342. The van der Waals surface area contributed by atoms with Crippen LogP contribution in [0.1, 0.15) is 5.56 Å². The topological polar surface area (TPSA) is 66.7 Å². The van der Waals surface area contributed by atoms with E-state index in [0.717, 1.165) is 11.4 Å². The van der Waals surface area contributed by atoms with Gasteiger partial charge in [-0.05, 0) is 6.92 Å². The van der Waals surface area contributed by atoms with Crippen LogP contribution in [-0.2, 0) is 0 Å². The number of hydrogen-bond donors (Lipinski definition) is 3. The van der Waals surface area contributed by atoms with Gasteiger partial charge in [-0.15, -0.1) is 0 Å². The Morgan fingerprint density at radius 1 is 1.67 bits per heavy atom. The quantitative estimate of drug-likeness (QED) is 0.508. The number of anilines is 2. The van der Waals surface area contributed by atoms with Gasteiger partial charge in [-0.25, -0.2) is 0 Å². The molecule has 4 heteroatoms. The van der Waals surface area contributed by atoms with Crippen molar-refractivity contribution in [2.24, 2.45) is 0 Å². The van der Waals surface area contributed by atoms with Gasteiger partial charge in [0, 0.05) is 12.6 Å². The van der Waals surface area contributed by atoms with Crippen molar-refractivity contribution in [2.75, 3.05) is 18.1 Å². The minimum Gasteiger partial charge on any atom is -0.384 e. The number of nitrogens with one attached hydrogen (secondary N) is 2. The number of aromatic nitrogens is 2. The number of nitrogens with zero attached hydrogens (tertiary/aromatic N) is 1. The predicted molar refractivity (Wildman–Crippen MR) is 37.3 cm³/mol. The van der Waals surface area contributed by atoms with Crippen molar-refractivity contribution >= 4 is 11.6 Å². The third-order valence-corrected chi connectivity index (χ3v) is 1.28. The maximum Gasteiger partial charge on any atom is 0.152 e. The van der Waals surface area contributed by atoms with Crippen LogP contribution in [0, 0.1) is 6.92 Å². The first kappa shape index (κ1) is 5.94. The summed E-state index contributed by atoms with van der Waals surface area (Å²) in [6, 6.07) is 0. The summed E-state index contributed by atoms with van der Waals surface area (Å²) in [5, 5.41) is 9.42. The van der Waals surface area contributed by atoms with Crippen molar-refractivity contribution < 1.29 is 0 Å². The first-order valence-electron chi connectivity index (χ1n) is 2.74. The molecule has 1 heterocycles. The van der Waals surface area contributed by atoms with Crippen LogP contribution in [0.2, 0.25) is 0 Å². The second-order valence-electron chi connectivity index (χ2n) is 1.86. The van der Waals surface area contributed by atoms with Crippen molar-refractivity contribution in [1.82, 2.24) is 10.2 Å². The summed E-state index contributed by atoms with van der Waals surface area (Å²) in [4.78, 5) is 0. The van der Waals surface area contributed by atoms with Gasteiger partial charge in [0.15, 0.2) is 5.82 Å². The van der Waals surface area contributed by atoms with Crippen molar-refractivity contribution in [1.29, 1.82) is 0 Å². The lowest BCUT2D eigenvalue weighted by Gasteiger charge is -1.91. The molecule has 0 amide bonds. The normalized spacial score (nSPS) is 9.56. The van der Waals surface area contributed by atoms with E-state index in [4.69, 9.17) is 5.73 Å². The fourth-order valence-electron chi connectivity index (χ4n) is 0.655. The molecule has 4 N–H and O–H groups in total. The summed E-state index contributed by atoms with van der Waals surface area (Å²) >= 11 is 0. The number of H-pyrrole nitrogens is 1. The largest absolute Gasteiger partial charge is 0.384 e. The Kier molecular flexibility index (Phi) is 1.30. The lowest BCUT2D eigenvalue weighted by molar-refractivity contribution is 1.10. The van der Waals surface area contributed by atoms with E-state index in [1.807, 2.05) is 14.0 Å². The minimum absolute atomic E-state index is 0.624. The number of rotatable bonds is 1. The zero-order chi connectivity index (χ0) is 6.85. The van der Waals surface area contributed by atoms with Crippen LogP contribution in [0.4, 0.5) is 11.6 Å². The first-order chi connectivity index (χ1) is 4.25. The Hall–Kier alpha value is -1.19. The molecule has 0 radical (unpaired) electrons. The van der Waals surface area contributed by atoms with Crippen molar-refractivity contribution in [3.63, 3.8) is 0 Å². The zero-order valence-electron chi connectivity index (χ0n) is 5.52. The molecule has 0 atom stereocenters. The van der Waals surface area contributed by atoms with Crippen molar-refractivity contribution in [3.05, 3.63) is 5.56 Å². The standard InChI is InChI=1S/C5H10N4/c1-3-4(6)8-9-5(3)7-2/h1-2H3,(H4,6,7,8,9). The van der Waals surface area contributed by atoms with Crippen LogP contribution in [0.15, 0.2) is 0 Å². The van der Waals surface area contributed by atoms with E-state index in [-0.39, 0.29) is 0 Å². The Balaban J connectivity index is 3.04. The molecule has 0 unspecified atom stereocenters. The van der Waals surface area contributed by atoms with E-state index >= 15 is 0 Å². The van der Waals surface area contributed by atoms with Gasteiger partial charge in [0.2, 0.25) is 0 Å². The van der Waals surface area contributed by atoms with E-state index in [9.17, 15) is 0 Å². The molecule has 9 heavy (non-hydrogen) atoms. The summed E-state index contributed by atoms with van der Waals surface area (Å²) in [6.07, 6.45) is 0. The summed E-state index contributed by atoms with van der Waals surface area (Å²) in [7, 11) is 1.81. The Bertz CT molecular complexity index is 203. The third kappa shape index (κ3) is 0.826. The molecule has 0 aliphatic rings. The maximum absolute atomic E-state index is 5.46. The molecule has 1 aromatic rings. The molecule has 0 saturated heterocycles. The number of hydrogen-bond acceptors (Lipinski definition) is 3. The van der Waals surface area contributed by atoms with Crippen molar-refractivity contribution in [3.8, 4) is 0 Å². The van der Waals surface area contributed by atoms with Crippen LogP contribution in [0.25, 0.3) is 0 Å². The van der Waals surface area contributed by atoms with Gasteiger partial charge in [-0.1, -0.05) is 0 Å². The van der Waals surface area contributed by atoms with Gasteiger partial charge in [0.1, 0.15) is 5.82 Å². The monoisotopic (exact) mass is 126 g/mol. The average molecular weight is 126 g/mol. The van der Waals surface area contributed by atoms with Crippen LogP contribution < -0.4 is 11.1 Å². The van der Waals surface area contributed by atoms with Crippen LogP contribution in [-0.4, -0.2) is 17.2 Å². The molecule has 1 aromatic heterocycles. The molecule has 4 nitrogen and oxygen atoms in total. The molecule has 0 saturated carbocycles. The Labute approximate surface area is 53.4 Å².